The van der Waals surface area contributed by atoms with Gasteiger partial charge in [0.1, 0.15) is 6.04 Å². The van der Waals surface area contributed by atoms with Gasteiger partial charge in [-0.25, -0.2) is 0 Å². The zero-order chi connectivity index (χ0) is 8.69. The summed E-state index contributed by atoms with van der Waals surface area (Å²) in [5.74, 6) is -0.767. The first kappa shape index (κ1) is 10.9. The van der Waals surface area contributed by atoms with Crippen molar-refractivity contribution in [2.24, 2.45) is 0 Å². The van der Waals surface area contributed by atoms with Crippen molar-refractivity contribution in [1.29, 1.82) is 0 Å². The van der Waals surface area contributed by atoms with Crippen LogP contribution in [0.3, 0.4) is 0 Å². The van der Waals surface area contributed by atoms with Gasteiger partial charge in [-0.3, -0.25) is 9.88 Å². The van der Waals surface area contributed by atoms with Crippen LogP contribution in [0.15, 0.2) is 0 Å². The van der Waals surface area contributed by atoms with Gasteiger partial charge in [0, 0.05) is 0 Å². The Morgan fingerprint density at radius 2 is 2.27 bits per heavy atom. The van der Waals surface area contributed by atoms with Crippen LogP contribution in [-0.4, -0.2) is 17.1 Å². The monoisotopic (exact) mass is 177 g/mol. The largest absolute Gasteiger partial charge is 0.480 e. The lowest BCUT2D eigenvalue weighted by atomic mass is 10.1. The van der Waals surface area contributed by atoms with E-state index in [-0.39, 0.29) is 0 Å². The van der Waals surface area contributed by atoms with Crippen LogP contribution in [0.5, 0.6) is 0 Å². The smallest absolute Gasteiger partial charge is 0.320 e. The number of hydrogen-bond acceptors (Lipinski definition) is 2. The molecule has 0 aliphatic rings. The van der Waals surface area contributed by atoms with E-state index in [1.807, 2.05) is 0 Å². The Balaban J connectivity index is 3.44. The highest BCUT2D eigenvalue weighted by Crippen LogP contribution is 2.04. The zero-order valence-electron chi connectivity index (χ0n) is 6.84. The molecule has 0 aromatic carbocycles. The minimum atomic E-state index is -0.767. The lowest BCUT2D eigenvalue weighted by molar-refractivity contribution is -0.139. The fraction of sp³-hybridized carbons (Fsp3) is 0.857. The Hall–Kier alpha value is -0.140. The van der Waals surface area contributed by atoms with E-state index in [1.165, 1.54) is 0 Å². The van der Waals surface area contributed by atoms with Crippen molar-refractivity contribution in [1.82, 2.24) is 5.09 Å². The van der Waals surface area contributed by atoms with Crippen molar-refractivity contribution in [3.8, 4) is 0 Å². The van der Waals surface area contributed by atoms with Crippen LogP contribution in [-0.2, 0) is 4.79 Å². The molecule has 3 nitrogen and oxygen atoms in total. The van der Waals surface area contributed by atoms with E-state index in [0.29, 0.717) is 6.42 Å². The van der Waals surface area contributed by atoms with Gasteiger partial charge in [-0.05, 0) is 6.42 Å². The Kier molecular flexibility index (Phi) is 6.48. The van der Waals surface area contributed by atoms with Crippen molar-refractivity contribution < 1.29 is 9.90 Å². The zero-order valence-corrected chi connectivity index (χ0v) is 7.99. The third-order valence-electron chi connectivity index (χ3n) is 1.60. The van der Waals surface area contributed by atoms with E-state index in [4.69, 9.17) is 5.11 Å². The van der Waals surface area contributed by atoms with Crippen molar-refractivity contribution in [2.75, 3.05) is 0 Å². The molecule has 0 aromatic heterocycles. The summed E-state index contributed by atoms with van der Waals surface area (Å²) in [6.45, 7) is 2.10. The maximum absolute atomic E-state index is 10.4. The molecule has 2 atom stereocenters. The number of rotatable bonds is 6. The SMILES string of the molecule is CCCCC[C@H](NP)C(=O)O. The normalized spacial score (nSPS) is 12.9. The van der Waals surface area contributed by atoms with E-state index in [9.17, 15) is 4.79 Å². The number of aliphatic carboxylic acids is 1. The number of hydrogen-bond donors (Lipinski definition) is 2. The van der Waals surface area contributed by atoms with Gasteiger partial charge < -0.3 is 5.11 Å². The van der Waals surface area contributed by atoms with E-state index in [2.05, 4.69) is 21.4 Å². The molecule has 0 aliphatic heterocycles. The molecule has 0 fully saturated rings. The van der Waals surface area contributed by atoms with Crippen LogP contribution < -0.4 is 5.09 Å². The summed E-state index contributed by atoms with van der Waals surface area (Å²) in [6, 6.07) is -0.397. The fourth-order valence-electron chi connectivity index (χ4n) is 0.877. The molecule has 4 heteroatoms. The Labute approximate surface area is 69.8 Å². The summed E-state index contributed by atoms with van der Waals surface area (Å²) in [4.78, 5) is 10.4. The Bertz CT molecular complexity index is 119. The fourth-order valence-corrected chi connectivity index (χ4v) is 1.19. The summed E-state index contributed by atoms with van der Waals surface area (Å²) in [6.07, 6.45) is 3.93. The predicted molar refractivity (Wildman–Crippen MR) is 48.4 cm³/mol. The molecular formula is C7H16NO2P. The lowest BCUT2D eigenvalue weighted by Crippen LogP contribution is -2.29. The molecule has 0 spiro atoms. The van der Waals surface area contributed by atoms with Gasteiger partial charge in [0.15, 0.2) is 0 Å². The molecule has 0 saturated carbocycles. The number of carboxylic acids is 1. The molecule has 1 unspecified atom stereocenters. The second-order valence-electron chi connectivity index (χ2n) is 2.55. The van der Waals surface area contributed by atoms with Crippen molar-refractivity contribution in [3.05, 3.63) is 0 Å². The molecular weight excluding hydrogens is 161 g/mol. The van der Waals surface area contributed by atoms with Gasteiger partial charge in [-0.15, -0.1) is 0 Å². The molecule has 0 radical (unpaired) electrons. The minimum Gasteiger partial charge on any atom is -0.480 e. The standard InChI is InChI=1S/C7H16NO2P/c1-2-3-4-5-6(8-11)7(9)10/h6,8H,2-5,11H2,1H3,(H,9,10)/t6-/m0/s1. The molecule has 11 heavy (non-hydrogen) atoms. The highest BCUT2D eigenvalue weighted by atomic mass is 31.0. The van der Waals surface area contributed by atoms with Crippen LogP contribution >= 0.6 is 9.39 Å². The maximum Gasteiger partial charge on any atom is 0.320 e. The second kappa shape index (κ2) is 6.56. The highest BCUT2D eigenvalue weighted by molar-refractivity contribution is 7.13. The number of unbranched alkanes of at least 4 members (excludes halogenated alkanes) is 2. The number of carbonyl (C=O) groups is 1. The predicted octanol–water partition coefficient (Wildman–Crippen LogP) is 1.40. The van der Waals surface area contributed by atoms with E-state index in [0.717, 1.165) is 19.3 Å². The second-order valence-corrected chi connectivity index (χ2v) is 2.89. The van der Waals surface area contributed by atoms with Crippen molar-refractivity contribution in [2.45, 2.75) is 38.6 Å². The van der Waals surface area contributed by atoms with E-state index in [1.54, 1.807) is 0 Å². The minimum absolute atomic E-state index is 0.397. The van der Waals surface area contributed by atoms with Crippen LogP contribution in [0, 0.1) is 0 Å². The summed E-state index contributed by atoms with van der Waals surface area (Å²) in [5, 5.41) is 11.3. The van der Waals surface area contributed by atoms with Crippen LogP contribution in [0.4, 0.5) is 0 Å². The van der Waals surface area contributed by atoms with E-state index >= 15 is 0 Å². The van der Waals surface area contributed by atoms with E-state index < -0.39 is 12.0 Å². The molecule has 0 rings (SSSR count). The third kappa shape index (κ3) is 5.16. The first-order valence-electron chi connectivity index (χ1n) is 3.91. The molecule has 66 valence electrons. The Morgan fingerprint density at radius 3 is 2.64 bits per heavy atom. The lowest BCUT2D eigenvalue weighted by Gasteiger charge is -2.09. The molecule has 0 bridgehead atoms. The molecule has 0 saturated heterocycles. The highest BCUT2D eigenvalue weighted by Gasteiger charge is 2.12. The van der Waals surface area contributed by atoms with Gasteiger partial charge in [0.2, 0.25) is 0 Å². The average Bonchev–Trinajstić information content (AvgIpc) is 1.97. The summed E-state index contributed by atoms with van der Waals surface area (Å²) >= 11 is 0. The first-order chi connectivity index (χ1) is 5.22. The van der Waals surface area contributed by atoms with Gasteiger partial charge in [0.05, 0.1) is 0 Å². The number of nitrogens with one attached hydrogen (secondary N) is 1. The van der Waals surface area contributed by atoms with Gasteiger partial charge in [0.25, 0.3) is 0 Å². The summed E-state index contributed by atoms with van der Waals surface area (Å²) in [7, 11) is 2.24. The molecule has 2 N–H and O–H groups in total. The molecule has 0 aliphatic carbocycles. The Morgan fingerprint density at radius 1 is 1.64 bits per heavy atom. The summed E-state index contributed by atoms with van der Waals surface area (Å²) in [5.41, 5.74) is 0. The van der Waals surface area contributed by atoms with Gasteiger partial charge in [-0.2, -0.15) is 0 Å². The molecule has 0 amide bonds. The van der Waals surface area contributed by atoms with Crippen LogP contribution in [0.1, 0.15) is 32.6 Å². The van der Waals surface area contributed by atoms with Crippen molar-refractivity contribution >= 4 is 15.4 Å². The average molecular weight is 177 g/mol. The van der Waals surface area contributed by atoms with Gasteiger partial charge in [-0.1, -0.05) is 35.6 Å². The molecule has 0 heterocycles. The van der Waals surface area contributed by atoms with Crippen molar-refractivity contribution in [3.63, 3.8) is 0 Å². The first-order valence-corrected chi connectivity index (χ1v) is 4.49. The number of carboxylic acid groups (broad SMARTS) is 1. The topological polar surface area (TPSA) is 49.3 Å². The van der Waals surface area contributed by atoms with Gasteiger partial charge >= 0.3 is 5.97 Å². The maximum atomic E-state index is 10.4. The molecule has 0 aromatic rings. The van der Waals surface area contributed by atoms with Crippen LogP contribution in [0.25, 0.3) is 0 Å². The quantitative estimate of drug-likeness (QED) is 0.476. The summed E-state index contributed by atoms with van der Waals surface area (Å²) < 4.78 is 0. The van der Waals surface area contributed by atoms with Crippen LogP contribution in [0.2, 0.25) is 0 Å². The third-order valence-corrected chi connectivity index (χ3v) is 2.00.